The molecule has 0 radical (unpaired) electrons. The fourth-order valence-electron chi connectivity index (χ4n) is 1.45. The first kappa shape index (κ1) is 11.0. The third-order valence-electron chi connectivity index (χ3n) is 2.41. The molecule has 0 fully saturated rings. The van der Waals surface area contributed by atoms with Crippen LogP contribution in [0.4, 0.5) is 4.53 Å². The van der Waals surface area contributed by atoms with Crippen molar-refractivity contribution in [3.63, 3.8) is 0 Å². The topological polar surface area (TPSA) is 9.23 Å². The van der Waals surface area contributed by atoms with E-state index in [4.69, 9.17) is 0 Å². The van der Waals surface area contributed by atoms with Crippen LogP contribution >= 0.6 is 0 Å². The Hall–Kier alpha value is -1.05. The van der Waals surface area contributed by atoms with E-state index in [1.54, 1.807) is 6.07 Å². The van der Waals surface area contributed by atoms with Crippen molar-refractivity contribution in [2.24, 2.45) is 0 Å². The van der Waals surface area contributed by atoms with Crippen LogP contribution in [0.25, 0.3) is 0 Å². The van der Waals surface area contributed by atoms with Gasteiger partial charge in [-0.15, -0.1) is 0 Å². The Kier molecular flexibility index (Phi) is 3.50. The molecular formula is C12H17FO. The Morgan fingerprint density at radius 3 is 2.14 bits per heavy atom. The van der Waals surface area contributed by atoms with Gasteiger partial charge in [0, 0.05) is 10.1 Å². The van der Waals surface area contributed by atoms with Crippen molar-refractivity contribution in [3.8, 4) is 5.75 Å². The summed E-state index contributed by atoms with van der Waals surface area (Å²) in [5, 5.41) is 0. The van der Waals surface area contributed by atoms with Crippen molar-refractivity contribution in [2.45, 2.75) is 39.5 Å². The maximum absolute atomic E-state index is 12.3. The van der Waals surface area contributed by atoms with Crippen LogP contribution in [0.5, 0.6) is 5.75 Å². The number of rotatable bonds is 3. The van der Waals surface area contributed by atoms with Gasteiger partial charge in [-0.25, -0.2) is 0 Å². The average molecular weight is 196 g/mol. The molecule has 0 saturated carbocycles. The number of hydrogen-bond acceptors (Lipinski definition) is 1. The van der Waals surface area contributed by atoms with Gasteiger partial charge in [-0.1, -0.05) is 39.8 Å². The minimum atomic E-state index is 0.280. The van der Waals surface area contributed by atoms with Crippen LogP contribution in [0.3, 0.4) is 0 Å². The maximum Gasteiger partial charge on any atom is 0.175 e. The molecule has 0 aliphatic rings. The van der Waals surface area contributed by atoms with Crippen LogP contribution in [0.2, 0.25) is 0 Å². The standard InChI is InChI=1S/C12H17FO/c1-8(2)10-5-6-11(9(3)4)12(7-10)14-13/h5-9H,1-4H3. The van der Waals surface area contributed by atoms with Gasteiger partial charge in [0.05, 0.1) is 0 Å². The molecule has 0 heterocycles. The van der Waals surface area contributed by atoms with Gasteiger partial charge in [0.25, 0.3) is 0 Å². The largest absolute Gasteiger partial charge is 0.294 e. The van der Waals surface area contributed by atoms with E-state index in [1.807, 2.05) is 26.0 Å². The fraction of sp³-hybridized carbons (Fsp3) is 0.500. The Morgan fingerprint density at radius 1 is 1.07 bits per heavy atom. The second-order valence-electron chi connectivity index (χ2n) is 4.18. The minimum Gasteiger partial charge on any atom is -0.294 e. The number of benzene rings is 1. The molecule has 2 heteroatoms. The zero-order valence-electron chi connectivity index (χ0n) is 9.17. The van der Waals surface area contributed by atoms with Gasteiger partial charge in [0.15, 0.2) is 5.75 Å². The van der Waals surface area contributed by atoms with Gasteiger partial charge in [0.1, 0.15) is 0 Å². The Morgan fingerprint density at radius 2 is 1.71 bits per heavy atom. The van der Waals surface area contributed by atoms with Crippen molar-refractivity contribution in [2.75, 3.05) is 0 Å². The summed E-state index contributed by atoms with van der Waals surface area (Å²) >= 11 is 0. The van der Waals surface area contributed by atoms with E-state index in [0.29, 0.717) is 11.7 Å². The molecule has 1 nitrogen and oxygen atoms in total. The van der Waals surface area contributed by atoms with Crippen molar-refractivity contribution in [1.29, 1.82) is 0 Å². The van der Waals surface area contributed by atoms with Crippen LogP contribution in [0, 0.1) is 0 Å². The third-order valence-corrected chi connectivity index (χ3v) is 2.41. The lowest BCUT2D eigenvalue weighted by Crippen LogP contribution is -1.95. The number of halogens is 1. The maximum atomic E-state index is 12.3. The predicted molar refractivity (Wildman–Crippen MR) is 56.4 cm³/mol. The van der Waals surface area contributed by atoms with E-state index < -0.39 is 0 Å². The zero-order chi connectivity index (χ0) is 10.7. The molecule has 0 saturated heterocycles. The van der Waals surface area contributed by atoms with Crippen molar-refractivity contribution >= 4 is 0 Å². The van der Waals surface area contributed by atoms with Crippen LogP contribution in [-0.4, -0.2) is 0 Å². The van der Waals surface area contributed by atoms with Gasteiger partial charge < -0.3 is 0 Å². The zero-order valence-corrected chi connectivity index (χ0v) is 9.17. The lowest BCUT2D eigenvalue weighted by molar-refractivity contribution is -0.00769. The smallest absolute Gasteiger partial charge is 0.175 e. The molecule has 0 aliphatic carbocycles. The monoisotopic (exact) mass is 196 g/mol. The molecule has 0 aromatic heterocycles. The summed E-state index contributed by atoms with van der Waals surface area (Å²) in [6.45, 7) is 8.19. The summed E-state index contributed by atoms with van der Waals surface area (Å²) in [5.41, 5.74) is 2.01. The van der Waals surface area contributed by atoms with E-state index in [-0.39, 0.29) is 5.92 Å². The van der Waals surface area contributed by atoms with E-state index in [0.717, 1.165) is 11.1 Å². The van der Waals surface area contributed by atoms with Gasteiger partial charge in [-0.05, 0) is 23.5 Å². The summed E-state index contributed by atoms with van der Waals surface area (Å²) in [4.78, 5) is 3.90. The highest BCUT2D eigenvalue weighted by atomic mass is 19.3. The second-order valence-corrected chi connectivity index (χ2v) is 4.18. The first-order valence-electron chi connectivity index (χ1n) is 4.98. The van der Waals surface area contributed by atoms with Crippen molar-refractivity contribution in [1.82, 2.24) is 0 Å². The second kappa shape index (κ2) is 4.45. The van der Waals surface area contributed by atoms with Gasteiger partial charge >= 0.3 is 0 Å². The van der Waals surface area contributed by atoms with Gasteiger partial charge in [-0.3, -0.25) is 4.94 Å². The highest BCUT2D eigenvalue weighted by Gasteiger charge is 2.10. The summed E-state index contributed by atoms with van der Waals surface area (Å²) in [6, 6.07) is 5.75. The molecule has 1 aromatic carbocycles. The summed E-state index contributed by atoms with van der Waals surface area (Å²) in [7, 11) is 0. The SMILES string of the molecule is CC(C)c1ccc(C(C)C)c(OF)c1. The molecule has 0 aliphatic heterocycles. The lowest BCUT2D eigenvalue weighted by Gasteiger charge is -2.12. The Bertz CT molecular complexity index is 305. The van der Waals surface area contributed by atoms with E-state index in [2.05, 4.69) is 18.8 Å². The molecule has 0 N–H and O–H groups in total. The van der Waals surface area contributed by atoms with Crippen molar-refractivity contribution < 1.29 is 9.47 Å². The van der Waals surface area contributed by atoms with E-state index >= 15 is 0 Å². The van der Waals surface area contributed by atoms with E-state index in [9.17, 15) is 4.53 Å². The van der Waals surface area contributed by atoms with Crippen LogP contribution in [-0.2, 0) is 0 Å². The summed E-state index contributed by atoms with van der Waals surface area (Å²) in [5.74, 6) is 1.03. The lowest BCUT2D eigenvalue weighted by atomic mass is 9.96. The molecule has 78 valence electrons. The average Bonchev–Trinajstić information content (AvgIpc) is 2.16. The summed E-state index contributed by atoms with van der Waals surface area (Å²) < 4.78 is 12.3. The third kappa shape index (κ3) is 2.25. The number of hydrogen-bond donors (Lipinski definition) is 0. The highest BCUT2D eigenvalue weighted by molar-refractivity contribution is 5.40. The normalized spacial score (nSPS) is 11.1. The Labute approximate surface area is 84.8 Å². The molecule has 0 unspecified atom stereocenters. The molecule has 1 rings (SSSR count). The molecule has 0 spiro atoms. The molecular weight excluding hydrogens is 179 g/mol. The first-order chi connectivity index (χ1) is 6.56. The Balaban J connectivity index is 3.11. The molecule has 1 aromatic rings. The van der Waals surface area contributed by atoms with Gasteiger partial charge in [0.2, 0.25) is 0 Å². The van der Waals surface area contributed by atoms with Crippen LogP contribution < -0.4 is 4.94 Å². The summed E-state index contributed by atoms with van der Waals surface area (Å²) in [6.07, 6.45) is 0. The molecule has 0 amide bonds. The minimum absolute atomic E-state index is 0.280. The molecule has 14 heavy (non-hydrogen) atoms. The van der Waals surface area contributed by atoms with Crippen LogP contribution in [0.15, 0.2) is 18.2 Å². The predicted octanol–water partition coefficient (Wildman–Crippen LogP) is 4.20. The first-order valence-corrected chi connectivity index (χ1v) is 4.98. The van der Waals surface area contributed by atoms with E-state index in [1.165, 1.54) is 0 Å². The van der Waals surface area contributed by atoms with Gasteiger partial charge in [-0.2, -0.15) is 0 Å². The van der Waals surface area contributed by atoms with Crippen molar-refractivity contribution in [3.05, 3.63) is 29.3 Å². The fourth-order valence-corrected chi connectivity index (χ4v) is 1.45. The molecule has 0 bridgehead atoms. The highest BCUT2D eigenvalue weighted by Crippen LogP contribution is 2.30. The van der Waals surface area contributed by atoms with Crippen LogP contribution in [0.1, 0.15) is 50.7 Å². The molecule has 0 atom stereocenters. The quantitative estimate of drug-likeness (QED) is 0.704.